The largest absolute Gasteiger partial charge is 0.494 e. The fourth-order valence-corrected chi connectivity index (χ4v) is 4.82. The van der Waals surface area contributed by atoms with Gasteiger partial charge in [0.2, 0.25) is 0 Å². The van der Waals surface area contributed by atoms with E-state index >= 15 is 0 Å². The number of nitrogens with zero attached hydrogens (tertiary/aromatic N) is 3. The van der Waals surface area contributed by atoms with Gasteiger partial charge in [0.05, 0.1) is 47.9 Å². The Morgan fingerprint density at radius 1 is 1.11 bits per heavy atom. The quantitative estimate of drug-likeness (QED) is 0.400. The Bertz CT molecular complexity index is 1400. The van der Waals surface area contributed by atoms with Crippen LogP contribution in [0.15, 0.2) is 60.8 Å². The zero-order valence-corrected chi connectivity index (χ0v) is 19.6. The number of anilines is 4. The summed E-state index contributed by atoms with van der Waals surface area (Å²) >= 11 is 0. The standard InChI is InChI=1S/C26H25FN4O4/c1-26(15-34-2)14-30(18-6-4-16(5-7-18)25(32)33)22-12-21-17(13-28-29-21)10-23(22)31(26)19-8-9-20(27)24(11-19)35-3/h4-13H,14-15H2,1-3H3,(H,28,29)(H,32,33)/t26-/m1/s1. The molecule has 0 unspecified atom stereocenters. The average molecular weight is 477 g/mol. The Hall–Kier alpha value is -4.11. The Labute approximate surface area is 201 Å². The molecule has 0 bridgehead atoms. The van der Waals surface area contributed by atoms with Gasteiger partial charge in [0.1, 0.15) is 0 Å². The maximum Gasteiger partial charge on any atom is 0.335 e. The fourth-order valence-electron chi connectivity index (χ4n) is 4.82. The molecule has 0 saturated heterocycles. The van der Waals surface area contributed by atoms with Crippen molar-refractivity contribution in [2.75, 3.05) is 37.2 Å². The van der Waals surface area contributed by atoms with Crippen molar-refractivity contribution in [1.82, 2.24) is 10.2 Å². The van der Waals surface area contributed by atoms with E-state index in [-0.39, 0.29) is 11.3 Å². The van der Waals surface area contributed by atoms with Crippen LogP contribution in [0.4, 0.5) is 27.1 Å². The summed E-state index contributed by atoms with van der Waals surface area (Å²) in [4.78, 5) is 15.7. The molecule has 35 heavy (non-hydrogen) atoms. The van der Waals surface area contributed by atoms with Crippen molar-refractivity contribution in [2.45, 2.75) is 12.5 Å². The summed E-state index contributed by atoms with van der Waals surface area (Å²) in [6.07, 6.45) is 1.76. The summed E-state index contributed by atoms with van der Waals surface area (Å²) in [5, 5.41) is 17.5. The Balaban J connectivity index is 1.74. The normalized spacial score (nSPS) is 17.5. The van der Waals surface area contributed by atoms with Crippen LogP contribution >= 0.6 is 0 Å². The molecule has 0 saturated carbocycles. The number of fused-ring (bicyclic) bond motifs is 2. The lowest BCUT2D eigenvalue weighted by molar-refractivity contribution is 0.0697. The van der Waals surface area contributed by atoms with E-state index in [2.05, 4.69) is 26.9 Å². The van der Waals surface area contributed by atoms with Crippen LogP contribution in [-0.2, 0) is 4.74 Å². The number of carboxylic acid groups (broad SMARTS) is 1. The Kier molecular flexibility index (Phi) is 5.56. The highest BCUT2D eigenvalue weighted by atomic mass is 19.1. The number of aromatic amines is 1. The number of aromatic nitrogens is 2. The van der Waals surface area contributed by atoms with Crippen molar-refractivity contribution in [2.24, 2.45) is 0 Å². The van der Waals surface area contributed by atoms with Crippen LogP contribution < -0.4 is 14.5 Å². The van der Waals surface area contributed by atoms with E-state index in [0.29, 0.717) is 13.2 Å². The lowest BCUT2D eigenvalue weighted by Gasteiger charge is -2.51. The summed E-state index contributed by atoms with van der Waals surface area (Å²) in [5.41, 5.74) is 3.87. The number of H-pyrrole nitrogens is 1. The molecule has 5 rings (SSSR count). The molecule has 0 amide bonds. The van der Waals surface area contributed by atoms with Crippen LogP contribution in [0.1, 0.15) is 17.3 Å². The number of hydrogen-bond donors (Lipinski definition) is 2. The van der Waals surface area contributed by atoms with E-state index in [1.807, 2.05) is 12.1 Å². The van der Waals surface area contributed by atoms with Crippen LogP contribution in [-0.4, -0.2) is 54.2 Å². The predicted octanol–water partition coefficient (Wildman–Crippen LogP) is 5.10. The van der Waals surface area contributed by atoms with Gasteiger partial charge in [-0.15, -0.1) is 0 Å². The zero-order valence-electron chi connectivity index (χ0n) is 19.6. The van der Waals surface area contributed by atoms with E-state index in [1.54, 1.807) is 49.7 Å². The molecular weight excluding hydrogens is 451 g/mol. The molecule has 0 fully saturated rings. The molecule has 9 heteroatoms. The number of aromatic carboxylic acids is 1. The second-order valence-electron chi connectivity index (χ2n) is 8.82. The molecule has 2 N–H and O–H groups in total. The van der Waals surface area contributed by atoms with Crippen molar-refractivity contribution in [3.63, 3.8) is 0 Å². The predicted molar refractivity (Wildman–Crippen MR) is 132 cm³/mol. The van der Waals surface area contributed by atoms with Crippen LogP contribution in [0.5, 0.6) is 5.75 Å². The molecule has 0 radical (unpaired) electrons. The minimum Gasteiger partial charge on any atom is -0.494 e. The van der Waals surface area contributed by atoms with Crippen LogP contribution in [0.2, 0.25) is 0 Å². The highest BCUT2D eigenvalue weighted by Crippen LogP contribution is 2.49. The number of ether oxygens (including phenoxy) is 2. The second kappa shape index (κ2) is 8.59. The summed E-state index contributed by atoms with van der Waals surface area (Å²) in [7, 11) is 3.09. The van der Waals surface area contributed by atoms with Gasteiger partial charge in [-0.05, 0) is 55.5 Å². The molecule has 4 aromatic rings. The van der Waals surface area contributed by atoms with Gasteiger partial charge in [-0.3, -0.25) is 5.10 Å². The summed E-state index contributed by atoms with van der Waals surface area (Å²) in [6.45, 7) is 2.96. The van der Waals surface area contributed by atoms with E-state index in [0.717, 1.165) is 33.7 Å². The molecule has 1 atom stereocenters. The van der Waals surface area contributed by atoms with E-state index < -0.39 is 17.3 Å². The van der Waals surface area contributed by atoms with Gasteiger partial charge >= 0.3 is 5.97 Å². The first kappa shape index (κ1) is 22.7. The minimum atomic E-state index is -0.976. The topological polar surface area (TPSA) is 90.9 Å². The molecule has 2 heterocycles. The van der Waals surface area contributed by atoms with Gasteiger partial charge < -0.3 is 24.4 Å². The summed E-state index contributed by atoms with van der Waals surface area (Å²) in [6, 6.07) is 15.7. The maximum absolute atomic E-state index is 14.3. The number of carbonyl (C=O) groups is 1. The van der Waals surface area contributed by atoms with Gasteiger partial charge in [0.25, 0.3) is 0 Å². The molecule has 8 nitrogen and oxygen atoms in total. The Morgan fingerprint density at radius 3 is 2.54 bits per heavy atom. The van der Waals surface area contributed by atoms with Crippen LogP contribution in [0.3, 0.4) is 0 Å². The number of methoxy groups -OCH3 is 2. The number of carboxylic acids is 1. The second-order valence-corrected chi connectivity index (χ2v) is 8.82. The van der Waals surface area contributed by atoms with E-state index in [1.165, 1.54) is 13.2 Å². The molecular formula is C26H25FN4O4. The van der Waals surface area contributed by atoms with Gasteiger partial charge in [0.15, 0.2) is 11.6 Å². The smallest absolute Gasteiger partial charge is 0.335 e. The van der Waals surface area contributed by atoms with Crippen molar-refractivity contribution in [3.05, 3.63) is 72.2 Å². The first-order chi connectivity index (χ1) is 16.8. The highest BCUT2D eigenvalue weighted by Gasteiger charge is 2.42. The first-order valence-corrected chi connectivity index (χ1v) is 11.1. The SMILES string of the molecule is COC[C@@]1(C)CN(c2ccc(C(=O)O)cc2)c2cc3[nH]ncc3cc2N1c1ccc(F)c(OC)c1. The van der Waals surface area contributed by atoms with Crippen LogP contribution in [0, 0.1) is 5.82 Å². The monoisotopic (exact) mass is 476 g/mol. The van der Waals surface area contributed by atoms with Crippen LogP contribution in [0.25, 0.3) is 10.9 Å². The molecule has 1 aromatic heterocycles. The zero-order chi connectivity index (χ0) is 24.7. The lowest BCUT2D eigenvalue weighted by Crippen LogP contribution is -2.57. The fraction of sp³-hybridized carbons (Fsp3) is 0.231. The Morgan fingerprint density at radius 2 is 1.86 bits per heavy atom. The van der Waals surface area contributed by atoms with E-state index in [4.69, 9.17) is 9.47 Å². The maximum atomic E-state index is 14.3. The third-order valence-electron chi connectivity index (χ3n) is 6.38. The van der Waals surface area contributed by atoms with Gasteiger partial charge in [-0.25, -0.2) is 9.18 Å². The lowest BCUT2D eigenvalue weighted by atomic mass is 9.92. The van der Waals surface area contributed by atoms with Crippen molar-refractivity contribution < 1.29 is 23.8 Å². The number of halogens is 1. The number of hydrogen-bond acceptors (Lipinski definition) is 6. The molecule has 1 aliphatic rings. The van der Waals surface area contributed by atoms with Crippen molar-refractivity contribution >= 4 is 39.6 Å². The average Bonchev–Trinajstić information content (AvgIpc) is 3.31. The van der Waals surface area contributed by atoms with Gasteiger partial charge in [-0.2, -0.15) is 5.10 Å². The minimum absolute atomic E-state index is 0.153. The van der Waals surface area contributed by atoms with Crippen molar-refractivity contribution in [1.29, 1.82) is 0 Å². The molecule has 3 aromatic carbocycles. The molecule has 0 aliphatic carbocycles. The number of rotatable bonds is 6. The third kappa shape index (κ3) is 3.83. The van der Waals surface area contributed by atoms with Gasteiger partial charge in [-0.1, -0.05) is 0 Å². The number of nitrogens with one attached hydrogen (secondary N) is 1. The highest BCUT2D eigenvalue weighted by molar-refractivity contribution is 5.96. The summed E-state index contributed by atoms with van der Waals surface area (Å²) in [5.74, 6) is -1.26. The number of benzene rings is 3. The first-order valence-electron chi connectivity index (χ1n) is 11.1. The molecule has 0 spiro atoms. The molecule has 180 valence electrons. The molecule has 1 aliphatic heterocycles. The van der Waals surface area contributed by atoms with E-state index in [9.17, 15) is 14.3 Å². The van der Waals surface area contributed by atoms with Crippen molar-refractivity contribution in [3.8, 4) is 5.75 Å². The van der Waals surface area contributed by atoms with Gasteiger partial charge in [0, 0.05) is 36.5 Å². The summed E-state index contributed by atoms with van der Waals surface area (Å²) < 4.78 is 25.2. The third-order valence-corrected chi connectivity index (χ3v) is 6.38.